The quantitative estimate of drug-likeness (QED) is 0.474. The van der Waals surface area contributed by atoms with Gasteiger partial charge in [0, 0.05) is 32.7 Å². The van der Waals surface area contributed by atoms with Gasteiger partial charge in [0.25, 0.3) is 0 Å². The number of aliphatic imine (C=N–C) groups is 1. The van der Waals surface area contributed by atoms with Gasteiger partial charge in [-0.25, -0.2) is 0 Å². The van der Waals surface area contributed by atoms with Crippen LogP contribution in [0.25, 0.3) is 0 Å². The Balaban J connectivity index is 1.62. The predicted molar refractivity (Wildman–Crippen MR) is 122 cm³/mol. The molecule has 168 valence electrons. The SMILES string of the molecule is CCNC(=NCC(c1ccc(OC)cc1)N1CCOCC1)NCCN1CCCCC1. The second kappa shape index (κ2) is 12.8. The molecular formula is C23H39N5O2. The Labute approximate surface area is 181 Å². The molecule has 0 bridgehead atoms. The average Bonchev–Trinajstić information content (AvgIpc) is 2.81. The highest BCUT2D eigenvalue weighted by Crippen LogP contribution is 2.24. The number of morpholine rings is 1. The summed E-state index contributed by atoms with van der Waals surface area (Å²) in [6.45, 7) is 11.6. The molecule has 7 nitrogen and oxygen atoms in total. The van der Waals surface area contributed by atoms with Crippen molar-refractivity contribution in [2.24, 2.45) is 4.99 Å². The molecule has 2 aliphatic rings. The Morgan fingerprint density at radius 3 is 2.47 bits per heavy atom. The van der Waals surface area contributed by atoms with Crippen LogP contribution < -0.4 is 15.4 Å². The topological polar surface area (TPSA) is 61.4 Å². The number of nitrogens with one attached hydrogen (secondary N) is 2. The predicted octanol–water partition coefficient (Wildman–Crippen LogP) is 2.11. The van der Waals surface area contributed by atoms with Crippen LogP contribution in [-0.4, -0.2) is 88.4 Å². The smallest absolute Gasteiger partial charge is 0.191 e. The summed E-state index contributed by atoms with van der Waals surface area (Å²) in [4.78, 5) is 9.98. The molecule has 2 saturated heterocycles. The van der Waals surface area contributed by atoms with Crippen LogP contribution >= 0.6 is 0 Å². The summed E-state index contributed by atoms with van der Waals surface area (Å²) in [6, 6.07) is 8.62. The molecule has 3 rings (SSSR count). The first-order valence-electron chi connectivity index (χ1n) is 11.5. The number of likely N-dealkylation sites (tertiary alicyclic amines) is 1. The number of piperidine rings is 1. The largest absolute Gasteiger partial charge is 0.497 e. The number of rotatable bonds is 9. The van der Waals surface area contributed by atoms with Gasteiger partial charge in [0.15, 0.2) is 5.96 Å². The zero-order valence-electron chi connectivity index (χ0n) is 18.7. The fourth-order valence-corrected chi connectivity index (χ4v) is 4.18. The maximum absolute atomic E-state index is 5.57. The molecule has 2 heterocycles. The second-order valence-corrected chi connectivity index (χ2v) is 7.99. The van der Waals surface area contributed by atoms with E-state index in [2.05, 4.69) is 39.5 Å². The van der Waals surface area contributed by atoms with Crippen molar-refractivity contribution in [3.8, 4) is 5.75 Å². The minimum Gasteiger partial charge on any atom is -0.497 e. The van der Waals surface area contributed by atoms with Gasteiger partial charge in [-0.3, -0.25) is 9.89 Å². The molecule has 0 aromatic heterocycles. The van der Waals surface area contributed by atoms with E-state index in [0.29, 0.717) is 6.54 Å². The van der Waals surface area contributed by atoms with E-state index in [9.17, 15) is 0 Å². The molecule has 0 spiro atoms. The number of hydrogen-bond acceptors (Lipinski definition) is 5. The average molecular weight is 418 g/mol. The minimum absolute atomic E-state index is 0.234. The Morgan fingerprint density at radius 2 is 1.80 bits per heavy atom. The van der Waals surface area contributed by atoms with E-state index in [4.69, 9.17) is 14.5 Å². The normalized spacial score (nSPS) is 20.0. The highest BCUT2D eigenvalue weighted by Gasteiger charge is 2.22. The Hall–Kier alpha value is -1.83. The zero-order chi connectivity index (χ0) is 21.0. The third-order valence-corrected chi connectivity index (χ3v) is 5.92. The van der Waals surface area contributed by atoms with Crippen LogP contribution in [0.2, 0.25) is 0 Å². The van der Waals surface area contributed by atoms with Gasteiger partial charge in [0.1, 0.15) is 5.75 Å². The number of methoxy groups -OCH3 is 1. The van der Waals surface area contributed by atoms with Crippen LogP contribution in [0.4, 0.5) is 0 Å². The van der Waals surface area contributed by atoms with Gasteiger partial charge < -0.3 is 25.0 Å². The molecular weight excluding hydrogens is 378 g/mol. The van der Waals surface area contributed by atoms with E-state index < -0.39 is 0 Å². The van der Waals surface area contributed by atoms with Gasteiger partial charge >= 0.3 is 0 Å². The number of benzene rings is 1. The summed E-state index contributed by atoms with van der Waals surface area (Å²) >= 11 is 0. The van der Waals surface area contributed by atoms with Gasteiger partial charge in [0.2, 0.25) is 0 Å². The number of guanidine groups is 1. The van der Waals surface area contributed by atoms with Crippen molar-refractivity contribution in [2.75, 3.05) is 72.7 Å². The Morgan fingerprint density at radius 1 is 1.07 bits per heavy atom. The molecule has 0 aliphatic carbocycles. The van der Waals surface area contributed by atoms with Gasteiger partial charge in [-0.15, -0.1) is 0 Å². The fourth-order valence-electron chi connectivity index (χ4n) is 4.18. The third kappa shape index (κ3) is 7.15. The first-order valence-corrected chi connectivity index (χ1v) is 11.5. The van der Waals surface area contributed by atoms with Crippen LogP contribution in [0.5, 0.6) is 5.75 Å². The molecule has 1 aromatic carbocycles. The standard InChI is InChI=1S/C23H39N5O2/c1-3-24-23(25-11-14-27-12-5-4-6-13-27)26-19-22(28-15-17-30-18-16-28)20-7-9-21(29-2)10-8-20/h7-10,22H,3-6,11-19H2,1-2H3,(H2,24,25,26). The van der Waals surface area contributed by atoms with Crippen LogP contribution in [-0.2, 0) is 4.74 Å². The highest BCUT2D eigenvalue weighted by atomic mass is 16.5. The molecule has 7 heteroatoms. The summed E-state index contributed by atoms with van der Waals surface area (Å²) in [5, 5.41) is 6.94. The zero-order valence-corrected chi connectivity index (χ0v) is 18.7. The highest BCUT2D eigenvalue weighted by molar-refractivity contribution is 5.79. The molecule has 2 N–H and O–H groups in total. The molecule has 1 aromatic rings. The van der Waals surface area contributed by atoms with E-state index in [1.54, 1.807) is 7.11 Å². The molecule has 1 atom stereocenters. The monoisotopic (exact) mass is 417 g/mol. The third-order valence-electron chi connectivity index (χ3n) is 5.92. The van der Waals surface area contributed by atoms with E-state index in [0.717, 1.165) is 57.6 Å². The van der Waals surface area contributed by atoms with Crippen LogP contribution in [0.15, 0.2) is 29.3 Å². The molecule has 0 saturated carbocycles. The first-order chi connectivity index (χ1) is 14.8. The summed E-state index contributed by atoms with van der Waals surface area (Å²) in [6.07, 6.45) is 4.04. The molecule has 1 unspecified atom stereocenters. The first kappa shape index (κ1) is 22.8. The Bertz CT molecular complexity index is 625. The van der Waals surface area contributed by atoms with Gasteiger partial charge in [-0.2, -0.15) is 0 Å². The van der Waals surface area contributed by atoms with Crippen molar-refractivity contribution in [3.05, 3.63) is 29.8 Å². The fraction of sp³-hybridized carbons (Fsp3) is 0.696. The molecule has 2 fully saturated rings. The lowest BCUT2D eigenvalue weighted by atomic mass is 10.0. The molecule has 30 heavy (non-hydrogen) atoms. The summed E-state index contributed by atoms with van der Waals surface area (Å²) in [5.41, 5.74) is 1.27. The number of hydrogen-bond donors (Lipinski definition) is 2. The van der Waals surface area contributed by atoms with E-state index in [-0.39, 0.29) is 6.04 Å². The van der Waals surface area contributed by atoms with E-state index in [1.807, 2.05) is 12.1 Å². The molecule has 2 aliphatic heterocycles. The van der Waals surface area contributed by atoms with Crippen molar-refractivity contribution in [1.29, 1.82) is 0 Å². The maximum Gasteiger partial charge on any atom is 0.191 e. The van der Waals surface area contributed by atoms with E-state index in [1.165, 1.54) is 37.9 Å². The van der Waals surface area contributed by atoms with Crippen LogP contribution in [0, 0.1) is 0 Å². The van der Waals surface area contributed by atoms with Crippen molar-refractivity contribution in [3.63, 3.8) is 0 Å². The number of ether oxygens (including phenoxy) is 2. The Kier molecular flexibility index (Phi) is 9.73. The van der Waals surface area contributed by atoms with Crippen molar-refractivity contribution < 1.29 is 9.47 Å². The van der Waals surface area contributed by atoms with Gasteiger partial charge in [-0.1, -0.05) is 18.6 Å². The van der Waals surface area contributed by atoms with Gasteiger partial charge in [0.05, 0.1) is 32.9 Å². The molecule has 0 radical (unpaired) electrons. The maximum atomic E-state index is 5.57. The van der Waals surface area contributed by atoms with Crippen molar-refractivity contribution >= 4 is 5.96 Å². The lowest BCUT2D eigenvalue weighted by Crippen LogP contribution is -2.44. The summed E-state index contributed by atoms with van der Waals surface area (Å²) < 4.78 is 10.9. The molecule has 0 amide bonds. The summed E-state index contributed by atoms with van der Waals surface area (Å²) in [7, 11) is 1.71. The number of nitrogens with zero attached hydrogens (tertiary/aromatic N) is 3. The lowest BCUT2D eigenvalue weighted by molar-refractivity contribution is 0.0179. The lowest BCUT2D eigenvalue weighted by Gasteiger charge is -2.34. The van der Waals surface area contributed by atoms with Crippen LogP contribution in [0.3, 0.4) is 0 Å². The summed E-state index contributed by atoms with van der Waals surface area (Å²) in [5.74, 6) is 1.79. The van der Waals surface area contributed by atoms with Crippen molar-refractivity contribution in [1.82, 2.24) is 20.4 Å². The van der Waals surface area contributed by atoms with Gasteiger partial charge in [-0.05, 0) is 50.6 Å². The van der Waals surface area contributed by atoms with Crippen molar-refractivity contribution in [2.45, 2.75) is 32.2 Å². The van der Waals surface area contributed by atoms with Crippen LogP contribution in [0.1, 0.15) is 37.8 Å². The van der Waals surface area contributed by atoms with E-state index >= 15 is 0 Å². The second-order valence-electron chi connectivity index (χ2n) is 7.99. The minimum atomic E-state index is 0.234.